The van der Waals surface area contributed by atoms with Crippen molar-refractivity contribution in [1.82, 2.24) is 4.90 Å². The Bertz CT molecular complexity index is 1140. The number of rotatable bonds is 7. The van der Waals surface area contributed by atoms with E-state index in [2.05, 4.69) is 21.2 Å². The lowest BCUT2D eigenvalue weighted by Gasteiger charge is -2.31. The van der Waals surface area contributed by atoms with E-state index in [1.165, 1.54) is 6.42 Å². The highest BCUT2D eigenvalue weighted by molar-refractivity contribution is 9.10. The molecular weight excluding hydrogens is 492 g/mol. The van der Waals surface area contributed by atoms with Crippen LogP contribution in [-0.4, -0.2) is 36.4 Å². The van der Waals surface area contributed by atoms with E-state index >= 15 is 0 Å². The van der Waals surface area contributed by atoms with Crippen LogP contribution in [0.2, 0.25) is 0 Å². The second-order valence-electron chi connectivity index (χ2n) is 8.60. The minimum absolute atomic E-state index is 0.0667. The third-order valence-corrected chi connectivity index (χ3v) is 6.89. The topological polar surface area (TPSA) is 58.6 Å². The Morgan fingerprint density at radius 2 is 1.65 bits per heavy atom. The summed E-state index contributed by atoms with van der Waals surface area (Å²) < 4.78 is 6.52. The first-order chi connectivity index (χ1) is 16.5. The number of halogens is 1. The highest BCUT2D eigenvalue weighted by Crippen LogP contribution is 2.31. The molecule has 3 aromatic carbocycles. The number of para-hydroxylation sites is 1. The molecule has 2 amide bonds. The first-order valence-corrected chi connectivity index (χ1v) is 12.5. The Morgan fingerprint density at radius 1 is 0.941 bits per heavy atom. The summed E-state index contributed by atoms with van der Waals surface area (Å²) in [4.78, 5) is 27.6. The van der Waals surface area contributed by atoms with Crippen molar-refractivity contribution in [2.24, 2.45) is 0 Å². The quantitative estimate of drug-likeness (QED) is 0.384. The van der Waals surface area contributed by atoms with E-state index in [-0.39, 0.29) is 24.5 Å². The van der Waals surface area contributed by atoms with Gasteiger partial charge in [-0.2, -0.15) is 0 Å². The number of hydrogen-bond acceptors (Lipinski definition) is 3. The lowest BCUT2D eigenvalue weighted by molar-refractivity contribution is -0.118. The average Bonchev–Trinajstić information content (AvgIpc) is 2.88. The largest absolute Gasteiger partial charge is 0.483 e. The standard InChI is InChI=1S/C28H29BrN2O3/c1-31(22-12-6-3-7-13-22)28(33)23-14-8-9-15-25(23)30-27(32)19-34-26-17-16-21(18-24(26)29)20-10-4-2-5-11-20/h2,4-5,8-11,14-18,22H,3,6-7,12-13,19H2,1H3,(H,30,32). The van der Waals surface area contributed by atoms with Gasteiger partial charge in [0, 0.05) is 13.1 Å². The van der Waals surface area contributed by atoms with Crippen LogP contribution in [0.5, 0.6) is 5.75 Å². The Balaban J connectivity index is 1.39. The van der Waals surface area contributed by atoms with Gasteiger partial charge in [0.1, 0.15) is 5.75 Å². The summed E-state index contributed by atoms with van der Waals surface area (Å²) in [5.74, 6) is 0.193. The van der Waals surface area contributed by atoms with Crippen molar-refractivity contribution in [1.29, 1.82) is 0 Å². The van der Waals surface area contributed by atoms with Gasteiger partial charge in [0.15, 0.2) is 6.61 Å². The predicted octanol–water partition coefficient (Wildman–Crippen LogP) is 6.54. The van der Waals surface area contributed by atoms with E-state index in [0.29, 0.717) is 17.0 Å². The molecule has 176 valence electrons. The molecule has 0 unspecified atom stereocenters. The van der Waals surface area contributed by atoms with E-state index in [1.54, 1.807) is 12.1 Å². The number of amides is 2. The zero-order valence-corrected chi connectivity index (χ0v) is 20.9. The molecule has 5 nitrogen and oxygen atoms in total. The molecule has 0 radical (unpaired) electrons. The van der Waals surface area contributed by atoms with Gasteiger partial charge in [0.2, 0.25) is 0 Å². The molecule has 0 heterocycles. The smallest absolute Gasteiger partial charge is 0.262 e. The van der Waals surface area contributed by atoms with Crippen molar-refractivity contribution in [3.8, 4) is 16.9 Å². The zero-order valence-electron chi connectivity index (χ0n) is 19.3. The van der Waals surface area contributed by atoms with E-state index in [1.807, 2.05) is 72.6 Å². The molecular formula is C28H29BrN2O3. The van der Waals surface area contributed by atoms with Gasteiger partial charge in [-0.25, -0.2) is 0 Å². The normalized spacial score (nSPS) is 13.8. The van der Waals surface area contributed by atoms with Crippen LogP contribution < -0.4 is 10.1 Å². The number of carbonyl (C=O) groups is 2. The Kier molecular flexibility index (Phi) is 8.01. The van der Waals surface area contributed by atoms with Gasteiger partial charge in [0.05, 0.1) is 15.7 Å². The summed E-state index contributed by atoms with van der Waals surface area (Å²) in [6.07, 6.45) is 5.60. The highest BCUT2D eigenvalue weighted by Gasteiger charge is 2.24. The van der Waals surface area contributed by atoms with Crippen molar-refractivity contribution >= 4 is 33.4 Å². The van der Waals surface area contributed by atoms with Crippen LogP contribution in [0.3, 0.4) is 0 Å². The first-order valence-electron chi connectivity index (χ1n) is 11.7. The van der Waals surface area contributed by atoms with Crippen molar-refractivity contribution in [3.05, 3.63) is 82.8 Å². The fourth-order valence-corrected chi connectivity index (χ4v) is 4.85. The summed E-state index contributed by atoms with van der Waals surface area (Å²) in [5, 5.41) is 2.85. The third kappa shape index (κ3) is 5.86. The molecule has 0 saturated heterocycles. The molecule has 6 heteroatoms. The fourth-order valence-electron chi connectivity index (χ4n) is 4.36. The molecule has 1 fully saturated rings. The van der Waals surface area contributed by atoms with E-state index in [9.17, 15) is 9.59 Å². The van der Waals surface area contributed by atoms with Crippen molar-refractivity contribution in [3.63, 3.8) is 0 Å². The minimum atomic E-state index is -0.320. The average molecular weight is 521 g/mol. The molecule has 1 N–H and O–H groups in total. The monoisotopic (exact) mass is 520 g/mol. The molecule has 34 heavy (non-hydrogen) atoms. The molecule has 0 bridgehead atoms. The maximum atomic E-state index is 13.2. The number of benzene rings is 3. The van der Waals surface area contributed by atoms with Crippen LogP contribution in [0.4, 0.5) is 5.69 Å². The molecule has 4 rings (SSSR count). The van der Waals surface area contributed by atoms with E-state index in [0.717, 1.165) is 41.3 Å². The van der Waals surface area contributed by atoms with Gasteiger partial charge in [-0.15, -0.1) is 0 Å². The second-order valence-corrected chi connectivity index (χ2v) is 9.46. The number of carbonyl (C=O) groups excluding carboxylic acids is 2. The van der Waals surface area contributed by atoms with Crippen LogP contribution in [0.15, 0.2) is 77.3 Å². The van der Waals surface area contributed by atoms with Gasteiger partial charge in [-0.3, -0.25) is 9.59 Å². The number of anilines is 1. The van der Waals surface area contributed by atoms with Gasteiger partial charge in [-0.05, 0) is 64.2 Å². The lowest BCUT2D eigenvalue weighted by Crippen LogP contribution is -2.38. The van der Waals surface area contributed by atoms with Gasteiger partial charge in [-0.1, -0.05) is 67.8 Å². The summed E-state index contributed by atoms with van der Waals surface area (Å²) in [6, 6.07) is 23.2. The maximum Gasteiger partial charge on any atom is 0.262 e. The van der Waals surface area contributed by atoms with E-state index in [4.69, 9.17) is 4.74 Å². The van der Waals surface area contributed by atoms with Crippen molar-refractivity contribution in [2.45, 2.75) is 38.1 Å². The Morgan fingerprint density at radius 3 is 2.38 bits per heavy atom. The van der Waals surface area contributed by atoms with Crippen LogP contribution in [-0.2, 0) is 4.79 Å². The minimum Gasteiger partial charge on any atom is -0.483 e. The maximum absolute atomic E-state index is 13.2. The van der Waals surface area contributed by atoms with Crippen LogP contribution in [0.25, 0.3) is 11.1 Å². The number of nitrogens with one attached hydrogen (secondary N) is 1. The van der Waals surface area contributed by atoms with Crippen molar-refractivity contribution < 1.29 is 14.3 Å². The fraction of sp³-hybridized carbons (Fsp3) is 0.286. The Labute approximate surface area is 209 Å². The van der Waals surface area contributed by atoms with Crippen LogP contribution >= 0.6 is 15.9 Å². The molecule has 1 aliphatic carbocycles. The highest BCUT2D eigenvalue weighted by atomic mass is 79.9. The molecule has 0 aliphatic heterocycles. The van der Waals surface area contributed by atoms with Gasteiger partial charge in [0.25, 0.3) is 11.8 Å². The first kappa shape index (κ1) is 24.0. The van der Waals surface area contributed by atoms with Crippen LogP contribution in [0, 0.1) is 0 Å². The summed E-state index contributed by atoms with van der Waals surface area (Å²) in [7, 11) is 1.86. The molecule has 0 aromatic heterocycles. The van der Waals surface area contributed by atoms with Crippen LogP contribution in [0.1, 0.15) is 42.5 Å². The van der Waals surface area contributed by atoms with Gasteiger partial charge < -0.3 is 15.0 Å². The predicted molar refractivity (Wildman–Crippen MR) is 139 cm³/mol. The Hall–Kier alpha value is -3.12. The lowest BCUT2D eigenvalue weighted by atomic mass is 9.94. The van der Waals surface area contributed by atoms with Gasteiger partial charge >= 0.3 is 0 Å². The summed E-state index contributed by atoms with van der Waals surface area (Å²) >= 11 is 3.54. The molecule has 0 spiro atoms. The molecule has 1 aliphatic rings. The second kappa shape index (κ2) is 11.3. The summed E-state index contributed by atoms with van der Waals surface area (Å²) in [6.45, 7) is -0.162. The van der Waals surface area contributed by atoms with E-state index < -0.39 is 0 Å². The SMILES string of the molecule is CN(C(=O)c1ccccc1NC(=O)COc1ccc(-c2ccccc2)cc1Br)C1CCCCC1. The molecule has 1 saturated carbocycles. The number of hydrogen-bond donors (Lipinski definition) is 1. The van der Waals surface area contributed by atoms with Crippen molar-refractivity contribution in [2.75, 3.05) is 19.0 Å². The number of ether oxygens (including phenoxy) is 1. The summed E-state index contributed by atoms with van der Waals surface area (Å²) in [5.41, 5.74) is 3.16. The molecule has 0 atom stereocenters. The third-order valence-electron chi connectivity index (χ3n) is 6.27. The zero-order chi connectivity index (χ0) is 23.9. The number of nitrogens with zero attached hydrogens (tertiary/aromatic N) is 1. The molecule has 3 aromatic rings.